The van der Waals surface area contributed by atoms with Crippen molar-refractivity contribution in [1.29, 1.82) is 0 Å². The molecule has 0 aliphatic carbocycles. The molecule has 1 aromatic carbocycles. The molecule has 1 rings (SSSR count). The van der Waals surface area contributed by atoms with E-state index in [2.05, 4.69) is 10.6 Å². The second-order valence-corrected chi connectivity index (χ2v) is 5.04. The Balaban J connectivity index is 2.69. The number of carbonyl (C=O) groups excluding carboxylic acids is 1. The van der Waals surface area contributed by atoms with Gasteiger partial charge in [-0.15, -0.1) is 0 Å². The summed E-state index contributed by atoms with van der Waals surface area (Å²) in [6.45, 7) is 5.63. The van der Waals surface area contributed by atoms with Gasteiger partial charge in [0.2, 0.25) is 0 Å². The minimum absolute atomic E-state index is 0.0806. The number of urea groups is 1. The number of anilines is 1. The van der Waals surface area contributed by atoms with Crippen LogP contribution in [-0.4, -0.2) is 29.8 Å². The molecule has 1 atom stereocenters. The Bertz CT molecular complexity index is 488. The number of carboxylic acids is 1. The van der Waals surface area contributed by atoms with Crippen molar-refractivity contribution in [2.45, 2.75) is 33.2 Å². The van der Waals surface area contributed by atoms with E-state index < -0.39 is 12.6 Å². The molecule has 0 fully saturated rings. The van der Waals surface area contributed by atoms with Gasteiger partial charge in [-0.3, -0.25) is 0 Å². The van der Waals surface area contributed by atoms with E-state index in [1.165, 1.54) is 0 Å². The number of hydrogen-bond donors (Lipinski definition) is 3. The Morgan fingerprint density at radius 2 is 1.95 bits per heavy atom. The number of hydrogen-bond acceptors (Lipinski definition) is 3. The Kier molecular flexibility index (Phi) is 6.52. The topological polar surface area (TPSA) is 87.7 Å². The van der Waals surface area contributed by atoms with Crippen LogP contribution in [0.25, 0.3) is 0 Å². The van der Waals surface area contributed by atoms with Crippen LogP contribution >= 0.6 is 0 Å². The van der Waals surface area contributed by atoms with Gasteiger partial charge in [-0.05, 0) is 24.5 Å². The fraction of sp³-hybridized carbons (Fsp3) is 0.467. The Labute approximate surface area is 124 Å². The average Bonchev–Trinajstić information content (AvgIpc) is 2.43. The largest absolute Gasteiger partial charge is 0.480 e. The van der Waals surface area contributed by atoms with Crippen LogP contribution in [0.4, 0.5) is 10.5 Å². The lowest BCUT2D eigenvalue weighted by Crippen LogP contribution is -2.40. The first-order valence-electron chi connectivity index (χ1n) is 6.95. The fourth-order valence-electron chi connectivity index (χ4n) is 1.90. The Morgan fingerprint density at radius 3 is 2.52 bits per heavy atom. The monoisotopic (exact) mass is 294 g/mol. The molecular weight excluding hydrogens is 272 g/mol. The van der Waals surface area contributed by atoms with Crippen LogP contribution in [0.5, 0.6) is 5.75 Å². The van der Waals surface area contributed by atoms with Gasteiger partial charge in [-0.2, -0.15) is 0 Å². The molecular formula is C15H22N2O4. The molecule has 21 heavy (non-hydrogen) atoms. The van der Waals surface area contributed by atoms with Crippen molar-refractivity contribution in [2.24, 2.45) is 5.92 Å². The van der Waals surface area contributed by atoms with Crippen LogP contribution in [0.3, 0.4) is 0 Å². The predicted octanol–water partition coefficient (Wildman–Crippen LogP) is 2.71. The molecule has 0 aliphatic heterocycles. The van der Waals surface area contributed by atoms with Crippen LogP contribution in [0.1, 0.15) is 27.2 Å². The number of nitrogens with one attached hydrogen (secondary N) is 2. The van der Waals surface area contributed by atoms with E-state index in [9.17, 15) is 9.59 Å². The van der Waals surface area contributed by atoms with Crippen molar-refractivity contribution in [3.8, 4) is 5.75 Å². The minimum atomic E-state index is -1.07. The number of aliphatic carboxylic acids is 1. The molecule has 6 nitrogen and oxygen atoms in total. The summed E-state index contributed by atoms with van der Waals surface area (Å²) in [4.78, 5) is 22.5. The molecule has 3 N–H and O–H groups in total. The van der Waals surface area contributed by atoms with Gasteiger partial charge in [0.15, 0.2) is 6.61 Å². The second kappa shape index (κ2) is 8.14. The number of carbonyl (C=O) groups is 2. The number of para-hydroxylation sites is 2. The summed E-state index contributed by atoms with van der Waals surface area (Å²) in [7, 11) is 0. The standard InChI is InChI=1S/C15H22N2O4/c1-4-11(10(2)3)16-15(20)17-12-7-5-6-8-13(12)21-9-14(18)19/h5-8,10-11H,4,9H2,1-3H3,(H,18,19)(H2,16,17,20). The Morgan fingerprint density at radius 1 is 1.29 bits per heavy atom. The third kappa shape index (κ3) is 5.72. The molecule has 0 aliphatic rings. The zero-order valence-electron chi connectivity index (χ0n) is 12.6. The van der Waals surface area contributed by atoms with Gasteiger partial charge in [0, 0.05) is 6.04 Å². The van der Waals surface area contributed by atoms with Gasteiger partial charge in [0.05, 0.1) is 5.69 Å². The highest BCUT2D eigenvalue weighted by Gasteiger charge is 2.15. The van der Waals surface area contributed by atoms with Gasteiger partial charge in [-0.25, -0.2) is 9.59 Å². The maximum atomic E-state index is 12.0. The van der Waals surface area contributed by atoms with E-state index >= 15 is 0 Å². The lowest BCUT2D eigenvalue weighted by Gasteiger charge is -2.21. The third-order valence-electron chi connectivity index (χ3n) is 3.05. The zero-order valence-corrected chi connectivity index (χ0v) is 12.6. The van der Waals surface area contributed by atoms with Crippen molar-refractivity contribution in [3.05, 3.63) is 24.3 Å². The maximum absolute atomic E-state index is 12.0. The molecule has 0 saturated carbocycles. The molecule has 0 radical (unpaired) electrons. The van der Waals surface area contributed by atoms with E-state index in [1.54, 1.807) is 24.3 Å². The summed E-state index contributed by atoms with van der Waals surface area (Å²) in [6, 6.07) is 6.47. The van der Waals surface area contributed by atoms with E-state index in [-0.39, 0.29) is 12.1 Å². The molecule has 116 valence electrons. The van der Waals surface area contributed by atoms with Crippen LogP contribution in [0.15, 0.2) is 24.3 Å². The predicted molar refractivity (Wildman–Crippen MR) is 80.6 cm³/mol. The lowest BCUT2D eigenvalue weighted by atomic mass is 10.0. The maximum Gasteiger partial charge on any atom is 0.341 e. The normalized spacial score (nSPS) is 11.8. The molecule has 0 heterocycles. The molecule has 1 aromatic rings. The van der Waals surface area contributed by atoms with Crippen LogP contribution in [0, 0.1) is 5.92 Å². The number of rotatable bonds is 7. The second-order valence-electron chi connectivity index (χ2n) is 5.04. The van der Waals surface area contributed by atoms with Gasteiger partial charge in [-0.1, -0.05) is 32.9 Å². The highest BCUT2D eigenvalue weighted by molar-refractivity contribution is 5.91. The Hall–Kier alpha value is -2.24. The van der Waals surface area contributed by atoms with Gasteiger partial charge < -0.3 is 20.5 Å². The van der Waals surface area contributed by atoms with E-state index in [0.717, 1.165) is 6.42 Å². The SMILES string of the molecule is CCC(NC(=O)Nc1ccccc1OCC(=O)O)C(C)C. The van der Waals surface area contributed by atoms with Crippen molar-refractivity contribution < 1.29 is 19.4 Å². The summed E-state index contributed by atoms with van der Waals surface area (Å²) >= 11 is 0. The number of carboxylic acid groups (broad SMARTS) is 1. The smallest absolute Gasteiger partial charge is 0.341 e. The van der Waals surface area contributed by atoms with Gasteiger partial charge >= 0.3 is 12.0 Å². The minimum Gasteiger partial charge on any atom is -0.480 e. The summed E-state index contributed by atoms with van der Waals surface area (Å²) in [5.41, 5.74) is 0.440. The van der Waals surface area contributed by atoms with E-state index in [4.69, 9.17) is 9.84 Å². The van der Waals surface area contributed by atoms with Crippen LogP contribution in [0.2, 0.25) is 0 Å². The zero-order chi connectivity index (χ0) is 15.8. The molecule has 0 bridgehead atoms. The van der Waals surface area contributed by atoms with Crippen molar-refractivity contribution in [2.75, 3.05) is 11.9 Å². The summed E-state index contributed by atoms with van der Waals surface area (Å²) in [5.74, 6) is -0.410. The number of ether oxygens (including phenoxy) is 1. The highest BCUT2D eigenvalue weighted by atomic mass is 16.5. The van der Waals surface area contributed by atoms with Crippen LogP contribution in [-0.2, 0) is 4.79 Å². The molecule has 0 aromatic heterocycles. The van der Waals surface area contributed by atoms with Crippen molar-refractivity contribution >= 4 is 17.7 Å². The van der Waals surface area contributed by atoms with Crippen molar-refractivity contribution in [3.63, 3.8) is 0 Å². The summed E-state index contributed by atoms with van der Waals surface area (Å²) in [5, 5.41) is 14.2. The van der Waals surface area contributed by atoms with Crippen molar-refractivity contribution in [1.82, 2.24) is 5.32 Å². The molecule has 1 unspecified atom stereocenters. The molecule has 2 amide bonds. The van der Waals surface area contributed by atoms with E-state index in [0.29, 0.717) is 17.4 Å². The highest BCUT2D eigenvalue weighted by Crippen LogP contribution is 2.23. The van der Waals surface area contributed by atoms with Crippen LogP contribution < -0.4 is 15.4 Å². The first kappa shape index (κ1) is 16.8. The first-order chi connectivity index (χ1) is 9.93. The third-order valence-corrected chi connectivity index (χ3v) is 3.05. The molecule has 0 spiro atoms. The molecule has 0 saturated heterocycles. The number of benzene rings is 1. The van der Waals surface area contributed by atoms with Gasteiger partial charge in [0.25, 0.3) is 0 Å². The fourth-order valence-corrected chi connectivity index (χ4v) is 1.90. The van der Waals surface area contributed by atoms with E-state index in [1.807, 2.05) is 20.8 Å². The average molecular weight is 294 g/mol. The quantitative estimate of drug-likeness (QED) is 0.721. The van der Waals surface area contributed by atoms with Gasteiger partial charge in [0.1, 0.15) is 5.75 Å². The lowest BCUT2D eigenvalue weighted by molar-refractivity contribution is -0.139. The number of amides is 2. The molecule has 6 heteroatoms. The summed E-state index contributed by atoms with van der Waals surface area (Å²) in [6.07, 6.45) is 0.836. The first-order valence-corrected chi connectivity index (χ1v) is 6.95. The summed E-state index contributed by atoms with van der Waals surface area (Å²) < 4.78 is 5.14.